The topological polar surface area (TPSA) is 108 Å². The summed E-state index contributed by atoms with van der Waals surface area (Å²) in [4.78, 5) is 23.8. The number of rotatable bonds is 6. The van der Waals surface area contributed by atoms with E-state index in [9.17, 15) is 14.9 Å². The summed E-state index contributed by atoms with van der Waals surface area (Å²) in [7, 11) is 0. The van der Waals surface area contributed by atoms with Gasteiger partial charge in [-0.05, 0) is 6.07 Å². The lowest BCUT2D eigenvalue weighted by Crippen LogP contribution is -2.45. The molecule has 0 unspecified atom stereocenters. The number of nitro groups is 1. The molecule has 1 aromatic rings. The molecule has 0 bridgehead atoms. The minimum Gasteiger partial charge on any atom is -0.478 e. The summed E-state index contributed by atoms with van der Waals surface area (Å²) in [6, 6.07) is 4.05. The van der Waals surface area contributed by atoms with Crippen molar-refractivity contribution in [2.45, 2.75) is 0 Å². The summed E-state index contributed by atoms with van der Waals surface area (Å²) < 4.78 is 0. The zero-order valence-corrected chi connectivity index (χ0v) is 11.5. The molecule has 3 N–H and O–H groups in total. The van der Waals surface area contributed by atoms with Crippen molar-refractivity contribution in [2.24, 2.45) is 0 Å². The molecule has 8 heteroatoms. The van der Waals surface area contributed by atoms with Gasteiger partial charge in [-0.25, -0.2) is 4.79 Å². The molecule has 0 atom stereocenters. The van der Waals surface area contributed by atoms with Gasteiger partial charge in [0.1, 0.15) is 5.69 Å². The van der Waals surface area contributed by atoms with E-state index in [1.165, 1.54) is 18.2 Å². The van der Waals surface area contributed by atoms with Gasteiger partial charge in [0.05, 0.1) is 10.5 Å². The number of anilines is 1. The number of aromatic carboxylic acids is 1. The first-order chi connectivity index (χ1) is 10.1. The number of hydrogen-bond donors (Lipinski definition) is 3. The number of benzene rings is 1. The van der Waals surface area contributed by atoms with Crippen LogP contribution in [-0.2, 0) is 0 Å². The lowest BCUT2D eigenvalue weighted by atomic mass is 10.1. The number of piperazine rings is 1. The maximum absolute atomic E-state index is 11.2. The van der Waals surface area contributed by atoms with Gasteiger partial charge >= 0.3 is 5.97 Å². The van der Waals surface area contributed by atoms with Crippen molar-refractivity contribution in [3.8, 4) is 0 Å². The highest BCUT2D eigenvalue weighted by molar-refractivity contribution is 5.96. The smallest absolute Gasteiger partial charge is 0.338 e. The fourth-order valence-electron chi connectivity index (χ4n) is 2.33. The highest BCUT2D eigenvalue weighted by atomic mass is 16.6. The number of carbonyl (C=O) groups is 1. The van der Waals surface area contributed by atoms with Crippen molar-refractivity contribution < 1.29 is 14.8 Å². The van der Waals surface area contributed by atoms with Gasteiger partial charge in [-0.2, -0.15) is 0 Å². The average molecular weight is 294 g/mol. The predicted octanol–water partition coefficient (Wildman–Crippen LogP) is 0.610. The third-order valence-electron chi connectivity index (χ3n) is 3.41. The number of hydrogen-bond acceptors (Lipinski definition) is 6. The molecule has 21 heavy (non-hydrogen) atoms. The third-order valence-corrected chi connectivity index (χ3v) is 3.41. The van der Waals surface area contributed by atoms with Gasteiger partial charge < -0.3 is 15.7 Å². The molecule has 1 aliphatic heterocycles. The second-order valence-electron chi connectivity index (χ2n) is 4.78. The van der Waals surface area contributed by atoms with E-state index >= 15 is 0 Å². The Labute approximate surface area is 121 Å². The van der Waals surface area contributed by atoms with Crippen LogP contribution in [0.4, 0.5) is 11.4 Å². The molecule has 8 nitrogen and oxygen atoms in total. The summed E-state index contributed by atoms with van der Waals surface area (Å²) in [5, 5.41) is 26.3. The highest BCUT2D eigenvalue weighted by Crippen LogP contribution is 2.28. The summed E-state index contributed by atoms with van der Waals surface area (Å²) in [5.41, 5.74) is -0.218. The molecule has 0 saturated carbocycles. The number of nitrogens with zero attached hydrogens (tertiary/aromatic N) is 2. The molecular formula is C13H18N4O4. The van der Waals surface area contributed by atoms with Crippen molar-refractivity contribution in [2.75, 3.05) is 44.6 Å². The molecule has 1 saturated heterocycles. The first kappa shape index (κ1) is 15.2. The Morgan fingerprint density at radius 3 is 2.76 bits per heavy atom. The van der Waals surface area contributed by atoms with E-state index in [1.807, 2.05) is 0 Å². The Kier molecular flexibility index (Phi) is 5.07. The van der Waals surface area contributed by atoms with Gasteiger partial charge in [-0.1, -0.05) is 6.07 Å². The normalized spacial score (nSPS) is 15.6. The van der Waals surface area contributed by atoms with Crippen LogP contribution in [0.15, 0.2) is 18.2 Å². The largest absolute Gasteiger partial charge is 0.478 e. The van der Waals surface area contributed by atoms with Crippen LogP contribution in [0.5, 0.6) is 0 Å². The van der Waals surface area contributed by atoms with Gasteiger partial charge in [0.2, 0.25) is 0 Å². The summed E-state index contributed by atoms with van der Waals surface area (Å²) >= 11 is 0. The van der Waals surface area contributed by atoms with Crippen molar-refractivity contribution in [1.82, 2.24) is 10.2 Å². The van der Waals surface area contributed by atoms with Gasteiger partial charge in [-0.15, -0.1) is 0 Å². The molecule has 0 aliphatic carbocycles. The molecule has 1 aromatic carbocycles. The summed E-state index contributed by atoms with van der Waals surface area (Å²) in [5.74, 6) is -1.18. The summed E-state index contributed by atoms with van der Waals surface area (Å²) in [6.45, 7) is 4.87. The Bertz CT molecular complexity index is 497. The highest BCUT2D eigenvalue weighted by Gasteiger charge is 2.21. The predicted molar refractivity (Wildman–Crippen MR) is 77.9 cm³/mol. The molecule has 2 rings (SSSR count). The van der Waals surface area contributed by atoms with E-state index in [1.54, 1.807) is 0 Å². The molecular weight excluding hydrogens is 276 g/mol. The van der Waals surface area contributed by atoms with Gasteiger partial charge in [-0.3, -0.25) is 15.0 Å². The second-order valence-corrected chi connectivity index (χ2v) is 4.78. The third kappa shape index (κ3) is 3.89. The number of nitro benzene ring substituents is 1. The molecule has 114 valence electrons. The number of carboxylic acids is 1. The average Bonchev–Trinajstić information content (AvgIpc) is 2.48. The van der Waals surface area contributed by atoms with E-state index in [4.69, 9.17) is 5.11 Å². The SMILES string of the molecule is O=C(O)c1cccc([N+](=O)[O-])c1NCCN1CCNCC1. The Balaban J connectivity index is 2.06. The van der Waals surface area contributed by atoms with Crippen LogP contribution in [0.1, 0.15) is 10.4 Å². The number of para-hydroxylation sites is 1. The van der Waals surface area contributed by atoms with E-state index in [-0.39, 0.29) is 16.9 Å². The lowest BCUT2D eigenvalue weighted by molar-refractivity contribution is -0.384. The van der Waals surface area contributed by atoms with Crippen molar-refractivity contribution in [3.63, 3.8) is 0 Å². The monoisotopic (exact) mass is 294 g/mol. The number of nitrogens with one attached hydrogen (secondary N) is 2. The second kappa shape index (κ2) is 7.00. The molecule has 0 radical (unpaired) electrons. The lowest BCUT2D eigenvalue weighted by Gasteiger charge is -2.27. The molecule has 1 heterocycles. The van der Waals surface area contributed by atoms with E-state index in [0.717, 1.165) is 26.2 Å². The Morgan fingerprint density at radius 1 is 1.43 bits per heavy atom. The fourth-order valence-corrected chi connectivity index (χ4v) is 2.33. The minimum atomic E-state index is -1.18. The van der Waals surface area contributed by atoms with Crippen LogP contribution >= 0.6 is 0 Å². The van der Waals surface area contributed by atoms with Gasteiger partial charge in [0.25, 0.3) is 5.69 Å². The van der Waals surface area contributed by atoms with E-state index in [0.29, 0.717) is 13.1 Å². The Hall–Kier alpha value is -2.19. The number of carboxylic acid groups (broad SMARTS) is 1. The van der Waals surface area contributed by atoms with Gasteiger partial charge in [0.15, 0.2) is 0 Å². The van der Waals surface area contributed by atoms with Crippen LogP contribution in [0, 0.1) is 10.1 Å². The van der Waals surface area contributed by atoms with Crippen LogP contribution in [0.2, 0.25) is 0 Å². The van der Waals surface area contributed by atoms with Crippen LogP contribution in [0.3, 0.4) is 0 Å². The fraction of sp³-hybridized carbons (Fsp3) is 0.462. The van der Waals surface area contributed by atoms with E-state index in [2.05, 4.69) is 15.5 Å². The molecule has 1 fully saturated rings. The summed E-state index contributed by atoms with van der Waals surface area (Å²) in [6.07, 6.45) is 0. The maximum Gasteiger partial charge on any atom is 0.338 e. The van der Waals surface area contributed by atoms with Crippen molar-refractivity contribution in [3.05, 3.63) is 33.9 Å². The van der Waals surface area contributed by atoms with Gasteiger partial charge in [0, 0.05) is 45.3 Å². The first-order valence-electron chi connectivity index (χ1n) is 6.77. The maximum atomic E-state index is 11.2. The first-order valence-corrected chi connectivity index (χ1v) is 6.77. The zero-order chi connectivity index (χ0) is 15.2. The van der Waals surface area contributed by atoms with E-state index < -0.39 is 10.9 Å². The molecule has 0 spiro atoms. The minimum absolute atomic E-state index is 0.0742. The zero-order valence-electron chi connectivity index (χ0n) is 11.5. The quantitative estimate of drug-likeness (QED) is 0.521. The van der Waals surface area contributed by atoms with Crippen LogP contribution in [-0.4, -0.2) is 60.2 Å². The Morgan fingerprint density at radius 2 is 2.14 bits per heavy atom. The molecule has 1 aliphatic rings. The van der Waals surface area contributed by atoms with Crippen LogP contribution < -0.4 is 10.6 Å². The van der Waals surface area contributed by atoms with Crippen LogP contribution in [0.25, 0.3) is 0 Å². The standard InChI is InChI=1S/C13H18N4O4/c18-13(19)10-2-1-3-11(17(20)21)12(10)15-6-9-16-7-4-14-5-8-16/h1-3,14-15H,4-9H2,(H,18,19). The van der Waals surface area contributed by atoms with Crippen molar-refractivity contribution >= 4 is 17.3 Å². The van der Waals surface area contributed by atoms with Crippen molar-refractivity contribution in [1.29, 1.82) is 0 Å². The molecule has 0 amide bonds. The molecule has 0 aromatic heterocycles.